The zero-order valence-corrected chi connectivity index (χ0v) is 21.2. The van der Waals surface area contributed by atoms with Crippen molar-refractivity contribution >= 4 is 51.1 Å². The lowest BCUT2D eigenvalue weighted by molar-refractivity contribution is -0.140. The lowest BCUT2D eigenvalue weighted by Crippen LogP contribution is -2.47. The quantitative estimate of drug-likeness (QED) is 0.261. The van der Waals surface area contributed by atoms with Crippen LogP contribution in [0, 0.1) is 0 Å². The summed E-state index contributed by atoms with van der Waals surface area (Å²) >= 11 is 11.1. The van der Waals surface area contributed by atoms with Crippen LogP contribution in [0.4, 0.5) is 0 Å². The Kier molecular flexibility index (Phi) is 11.5. The van der Waals surface area contributed by atoms with Gasteiger partial charge in [0.05, 0.1) is 0 Å². The van der Waals surface area contributed by atoms with E-state index < -0.39 is 6.04 Å². The number of nitrogens with one attached hydrogen (secondary N) is 1. The highest BCUT2D eigenvalue weighted by atomic mass is 79.9. The summed E-state index contributed by atoms with van der Waals surface area (Å²) in [7, 11) is 0. The van der Waals surface area contributed by atoms with Gasteiger partial charge in [0.1, 0.15) is 6.04 Å². The third-order valence-electron chi connectivity index (χ3n) is 4.88. The number of hydrogen-bond donors (Lipinski definition) is 1. The molecule has 7 heteroatoms. The molecule has 1 atom stereocenters. The summed E-state index contributed by atoms with van der Waals surface area (Å²) in [6, 6.07) is 15.0. The fourth-order valence-electron chi connectivity index (χ4n) is 2.99. The van der Waals surface area contributed by atoms with Crippen molar-refractivity contribution in [1.29, 1.82) is 0 Å². The average molecular weight is 526 g/mol. The van der Waals surface area contributed by atoms with Crippen LogP contribution in [0.5, 0.6) is 0 Å². The lowest BCUT2D eigenvalue weighted by Gasteiger charge is -2.29. The van der Waals surface area contributed by atoms with Crippen molar-refractivity contribution < 1.29 is 9.59 Å². The molecule has 0 aliphatic heterocycles. The van der Waals surface area contributed by atoms with Crippen molar-refractivity contribution in [2.45, 2.75) is 57.0 Å². The Bertz CT molecular complexity index is 830. The zero-order valence-electron chi connectivity index (χ0n) is 18.1. The molecular weight excluding hydrogens is 496 g/mol. The molecule has 168 valence electrons. The van der Waals surface area contributed by atoms with E-state index in [0.717, 1.165) is 39.9 Å². The number of thioether (sulfide) groups is 1. The number of nitrogens with zero attached hydrogens (tertiary/aromatic N) is 1. The molecule has 0 unspecified atom stereocenters. The Hall–Kier alpha value is -1.50. The minimum absolute atomic E-state index is 0.00207. The Labute approximate surface area is 203 Å². The van der Waals surface area contributed by atoms with E-state index in [1.54, 1.807) is 23.6 Å². The van der Waals surface area contributed by atoms with Crippen LogP contribution in [0.1, 0.15) is 45.1 Å². The summed E-state index contributed by atoms with van der Waals surface area (Å²) in [4.78, 5) is 28.5. The number of unbranched alkanes of at least 4 members (excludes halogenated alkanes) is 1. The van der Waals surface area contributed by atoms with Crippen LogP contribution in [0.25, 0.3) is 0 Å². The van der Waals surface area contributed by atoms with E-state index in [2.05, 4.69) is 28.2 Å². The minimum Gasteiger partial charge on any atom is -0.354 e. The van der Waals surface area contributed by atoms with Gasteiger partial charge < -0.3 is 10.2 Å². The van der Waals surface area contributed by atoms with E-state index >= 15 is 0 Å². The summed E-state index contributed by atoms with van der Waals surface area (Å²) in [5.41, 5.74) is 1.00. The molecule has 2 aromatic rings. The first-order valence-corrected chi connectivity index (χ1v) is 12.8. The minimum atomic E-state index is -0.517. The van der Waals surface area contributed by atoms with Gasteiger partial charge in [-0.15, -0.1) is 11.8 Å². The molecule has 4 nitrogen and oxygen atoms in total. The second kappa shape index (κ2) is 13.8. The fraction of sp³-hybridized carbons (Fsp3) is 0.417. The molecule has 0 heterocycles. The molecule has 2 rings (SSSR count). The topological polar surface area (TPSA) is 49.4 Å². The molecular formula is C24H30BrClN2O2S. The first kappa shape index (κ1) is 25.8. The highest BCUT2D eigenvalue weighted by Crippen LogP contribution is 2.22. The number of amides is 2. The number of rotatable bonds is 12. The van der Waals surface area contributed by atoms with Crippen LogP contribution in [-0.4, -0.2) is 35.1 Å². The van der Waals surface area contributed by atoms with Crippen molar-refractivity contribution in [3.63, 3.8) is 0 Å². The van der Waals surface area contributed by atoms with Gasteiger partial charge in [-0.3, -0.25) is 9.59 Å². The Balaban J connectivity index is 1.96. The molecule has 0 bridgehead atoms. The zero-order chi connectivity index (χ0) is 22.6. The molecule has 0 fully saturated rings. The second-order valence-corrected chi connectivity index (χ2v) is 9.90. The van der Waals surface area contributed by atoms with E-state index in [4.69, 9.17) is 11.6 Å². The highest BCUT2D eigenvalue weighted by molar-refractivity contribution is 9.10. The van der Waals surface area contributed by atoms with Gasteiger partial charge in [0, 0.05) is 33.9 Å². The molecule has 0 aliphatic carbocycles. The average Bonchev–Trinajstić information content (AvgIpc) is 2.77. The summed E-state index contributed by atoms with van der Waals surface area (Å²) in [6.45, 7) is 4.94. The predicted molar refractivity (Wildman–Crippen MR) is 133 cm³/mol. The number of halogens is 2. The van der Waals surface area contributed by atoms with E-state index in [0.29, 0.717) is 24.5 Å². The Morgan fingerprint density at radius 2 is 1.77 bits per heavy atom. The summed E-state index contributed by atoms with van der Waals surface area (Å²) < 4.78 is 0.985. The van der Waals surface area contributed by atoms with Crippen molar-refractivity contribution in [1.82, 2.24) is 10.2 Å². The van der Waals surface area contributed by atoms with E-state index in [1.807, 2.05) is 48.5 Å². The molecule has 0 saturated carbocycles. The van der Waals surface area contributed by atoms with Crippen LogP contribution >= 0.6 is 39.3 Å². The number of benzene rings is 2. The largest absolute Gasteiger partial charge is 0.354 e. The second-order valence-electron chi connectivity index (χ2n) is 7.37. The fourth-order valence-corrected chi connectivity index (χ4v) is 4.24. The van der Waals surface area contributed by atoms with Gasteiger partial charge in [-0.2, -0.15) is 0 Å². The predicted octanol–water partition coefficient (Wildman–Crippen LogP) is 6.31. The van der Waals surface area contributed by atoms with Gasteiger partial charge >= 0.3 is 0 Å². The molecule has 0 saturated heterocycles. The van der Waals surface area contributed by atoms with E-state index in [9.17, 15) is 9.59 Å². The van der Waals surface area contributed by atoms with Gasteiger partial charge in [-0.05, 0) is 67.5 Å². The van der Waals surface area contributed by atoms with Gasteiger partial charge in [0.2, 0.25) is 11.8 Å². The maximum Gasteiger partial charge on any atom is 0.242 e. The van der Waals surface area contributed by atoms with Gasteiger partial charge in [-0.1, -0.05) is 53.0 Å². The number of hydrogen-bond acceptors (Lipinski definition) is 3. The molecule has 2 amide bonds. The van der Waals surface area contributed by atoms with Crippen molar-refractivity contribution in [2.75, 3.05) is 12.3 Å². The molecule has 0 spiro atoms. The van der Waals surface area contributed by atoms with Gasteiger partial charge in [0.25, 0.3) is 0 Å². The first-order chi connectivity index (χ1) is 14.9. The highest BCUT2D eigenvalue weighted by Gasteiger charge is 2.25. The lowest BCUT2D eigenvalue weighted by atomic mass is 10.1. The van der Waals surface area contributed by atoms with Crippen LogP contribution < -0.4 is 5.32 Å². The van der Waals surface area contributed by atoms with Crippen LogP contribution in [-0.2, 0) is 16.1 Å². The monoisotopic (exact) mass is 524 g/mol. The van der Waals surface area contributed by atoms with Crippen molar-refractivity contribution in [3.05, 3.63) is 63.6 Å². The smallest absolute Gasteiger partial charge is 0.242 e. The van der Waals surface area contributed by atoms with Crippen molar-refractivity contribution in [3.8, 4) is 0 Å². The molecule has 1 N–H and O–H groups in total. The maximum absolute atomic E-state index is 13.1. The Morgan fingerprint density at radius 1 is 1.10 bits per heavy atom. The molecule has 2 aromatic carbocycles. The standard InChI is InChI=1S/C24H30BrClN2O2S/c1-3-4-15-27-24(30)18(2)28(17-19-7-9-20(25)10-8-19)23(29)6-5-16-31-22-13-11-21(26)12-14-22/h7-14,18H,3-6,15-17H2,1-2H3,(H,27,30)/t18-/m0/s1. The maximum atomic E-state index is 13.1. The third kappa shape index (κ3) is 9.26. The summed E-state index contributed by atoms with van der Waals surface area (Å²) in [6.07, 6.45) is 3.10. The normalized spacial score (nSPS) is 11.7. The Morgan fingerprint density at radius 3 is 2.42 bits per heavy atom. The van der Waals surface area contributed by atoms with Crippen molar-refractivity contribution in [2.24, 2.45) is 0 Å². The van der Waals surface area contributed by atoms with Gasteiger partial charge in [0.15, 0.2) is 0 Å². The van der Waals surface area contributed by atoms with Crippen LogP contribution in [0.3, 0.4) is 0 Å². The third-order valence-corrected chi connectivity index (χ3v) is 6.76. The summed E-state index contributed by atoms with van der Waals surface area (Å²) in [5, 5.41) is 3.67. The van der Waals surface area contributed by atoms with E-state index in [-0.39, 0.29) is 11.8 Å². The number of carbonyl (C=O) groups excluding carboxylic acids is 2. The van der Waals surface area contributed by atoms with Crippen LogP contribution in [0.15, 0.2) is 57.9 Å². The SMILES string of the molecule is CCCCNC(=O)[C@H](C)N(Cc1ccc(Br)cc1)C(=O)CCCSc1ccc(Cl)cc1. The molecule has 0 radical (unpaired) electrons. The molecule has 0 aromatic heterocycles. The summed E-state index contributed by atoms with van der Waals surface area (Å²) in [5.74, 6) is 0.726. The van der Waals surface area contributed by atoms with Crippen LogP contribution in [0.2, 0.25) is 5.02 Å². The molecule has 31 heavy (non-hydrogen) atoms. The van der Waals surface area contributed by atoms with E-state index in [1.165, 1.54) is 0 Å². The number of carbonyl (C=O) groups is 2. The first-order valence-electron chi connectivity index (χ1n) is 10.6. The molecule has 0 aliphatic rings. The van der Waals surface area contributed by atoms with Gasteiger partial charge in [-0.25, -0.2) is 0 Å².